The highest BCUT2D eigenvalue weighted by molar-refractivity contribution is 5.96. The molecule has 0 saturated carbocycles. The van der Waals surface area contributed by atoms with Gasteiger partial charge in [-0.05, 0) is 43.7 Å². The fraction of sp³-hybridized carbons (Fsp3) is 0.350. The molecule has 0 aliphatic carbocycles. The first-order chi connectivity index (χ1) is 13.3. The minimum atomic E-state index is -0.568. The zero-order chi connectivity index (χ0) is 20.3. The number of carbonyl (C=O) groups is 3. The number of halogens is 1. The molecule has 1 unspecified atom stereocenters. The van der Waals surface area contributed by atoms with E-state index in [4.69, 9.17) is 0 Å². The minimum Gasteiger partial charge on any atom is -0.348 e. The number of rotatable bonds is 5. The van der Waals surface area contributed by atoms with Crippen molar-refractivity contribution in [2.24, 2.45) is 7.05 Å². The first-order valence-corrected chi connectivity index (χ1v) is 9.03. The Labute approximate surface area is 162 Å². The molecule has 1 atom stereocenters. The molecule has 7 nitrogen and oxygen atoms in total. The number of likely N-dealkylation sites (tertiary alicyclic amines) is 1. The Bertz CT molecular complexity index is 910. The normalized spacial score (nSPS) is 18.8. The van der Waals surface area contributed by atoms with Crippen molar-refractivity contribution in [3.05, 3.63) is 59.7 Å². The molecule has 0 radical (unpaired) electrons. The molecule has 8 heteroatoms. The van der Waals surface area contributed by atoms with Crippen molar-refractivity contribution < 1.29 is 18.8 Å². The first kappa shape index (κ1) is 19.6. The van der Waals surface area contributed by atoms with E-state index >= 15 is 0 Å². The Balaban J connectivity index is 1.52. The van der Waals surface area contributed by atoms with Crippen molar-refractivity contribution in [3.63, 3.8) is 0 Å². The molecule has 1 aromatic heterocycles. The molecule has 1 fully saturated rings. The third-order valence-electron chi connectivity index (χ3n) is 4.86. The van der Waals surface area contributed by atoms with Crippen LogP contribution in [0.1, 0.15) is 34.2 Å². The predicted octanol–water partition coefficient (Wildman–Crippen LogP) is 1.32. The fourth-order valence-electron chi connectivity index (χ4n) is 3.35. The maximum atomic E-state index is 13.2. The highest BCUT2D eigenvalue weighted by Gasteiger charge is 2.37. The quantitative estimate of drug-likeness (QED) is 0.813. The lowest BCUT2D eigenvalue weighted by atomic mass is 10.0. The number of nitrogens with one attached hydrogen (secondary N) is 2. The monoisotopic (exact) mass is 386 g/mol. The Morgan fingerprint density at radius 2 is 2.00 bits per heavy atom. The summed E-state index contributed by atoms with van der Waals surface area (Å²) in [7, 11) is 1.81. The Morgan fingerprint density at radius 3 is 2.68 bits per heavy atom. The number of hydrogen-bond acceptors (Lipinski definition) is 3. The molecular formula is C20H23FN4O3. The van der Waals surface area contributed by atoms with Gasteiger partial charge in [0.1, 0.15) is 11.5 Å². The Kier molecular flexibility index (Phi) is 5.48. The Morgan fingerprint density at radius 1 is 1.21 bits per heavy atom. The molecule has 0 bridgehead atoms. The largest absolute Gasteiger partial charge is 0.348 e. The van der Waals surface area contributed by atoms with Gasteiger partial charge in [-0.25, -0.2) is 4.39 Å². The number of nitrogens with zero attached hydrogens (tertiary/aromatic N) is 2. The molecular weight excluding hydrogens is 363 g/mol. The third kappa shape index (κ3) is 4.39. The average Bonchev–Trinajstić information content (AvgIpc) is 3.25. The van der Waals surface area contributed by atoms with Gasteiger partial charge in [0.25, 0.3) is 11.8 Å². The second-order valence-corrected chi connectivity index (χ2v) is 7.28. The van der Waals surface area contributed by atoms with Crippen LogP contribution >= 0.6 is 0 Å². The van der Waals surface area contributed by atoms with E-state index in [1.165, 1.54) is 18.2 Å². The summed E-state index contributed by atoms with van der Waals surface area (Å²) in [6.45, 7) is 2.57. The lowest BCUT2D eigenvalue weighted by Gasteiger charge is -2.26. The van der Waals surface area contributed by atoms with Gasteiger partial charge in [-0.15, -0.1) is 0 Å². The molecule has 1 aliphatic rings. The molecule has 1 aromatic carbocycles. The molecule has 3 amide bonds. The summed E-state index contributed by atoms with van der Waals surface area (Å²) >= 11 is 0. The second-order valence-electron chi connectivity index (χ2n) is 7.28. The molecule has 2 aromatic rings. The van der Waals surface area contributed by atoms with Crippen molar-refractivity contribution in [3.8, 4) is 0 Å². The van der Waals surface area contributed by atoms with E-state index < -0.39 is 17.3 Å². The number of aromatic nitrogens is 1. The minimum absolute atomic E-state index is 0.0788. The van der Waals surface area contributed by atoms with Crippen molar-refractivity contribution in [2.45, 2.75) is 18.9 Å². The number of amides is 3. The van der Waals surface area contributed by atoms with E-state index in [2.05, 4.69) is 10.6 Å². The van der Waals surface area contributed by atoms with Gasteiger partial charge < -0.3 is 20.1 Å². The van der Waals surface area contributed by atoms with Crippen LogP contribution in [-0.4, -0.2) is 52.4 Å². The first-order valence-electron chi connectivity index (χ1n) is 9.03. The van der Waals surface area contributed by atoms with Crippen LogP contribution in [0.3, 0.4) is 0 Å². The van der Waals surface area contributed by atoms with E-state index in [1.54, 1.807) is 15.5 Å². The second kappa shape index (κ2) is 7.84. The van der Waals surface area contributed by atoms with Crippen LogP contribution in [-0.2, 0) is 11.8 Å². The summed E-state index contributed by atoms with van der Waals surface area (Å²) in [6, 6.07) is 8.83. The molecule has 0 spiro atoms. The van der Waals surface area contributed by atoms with Crippen LogP contribution < -0.4 is 10.6 Å². The summed E-state index contributed by atoms with van der Waals surface area (Å²) in [6.07, 6.45) is 2.43. The highest BCUT2D eigenvalue weighted by atomic mass is 19.1. The van der Waals surface area contributed by atoms with E-state index in [0.717, 1.165) is 6.07 Å². The maximum absolute atomic E-state index is 13.2. The van der Waals surface area contributed by atoms with Gasteiger partial charge in [0, 0.05) is 31.9 Å². The standard InChI is InChI=1S/C20H23FN4O3/c1-20(8-10-25(13-20)19(28)16-7-4-9-24(16)2)23-17(26)12-22-18(27)14-5-3-6-15(21)11-14/h3-7,9,11H,8,10,12-13H2,1-2H3,(H,22,27)(H,23,26). The molecule has 1 aliphatic heterocycles. The summed E-state index contributed by atoms with van der Waals surface area (Å²) < 4.78 is 14.9. The molecule has 28 heavy (non-hydrogen) atoms. The van der Waals surface area contributed by atoms with E-state index in [-0.39, 0.29) is 23.9 Å². The lowest BCUT2D eigenvalue weighted by Crippen LogP contribution is -2.51. The van der Waals surface area contributed by atoms with Gasteiger partial charge in [-0.3, -0.25) is 14.4 Å². The van der Waals surface area contributed by atoms with Gasteiger partial charge in [-0.2, -0.15) is 0 Å². The number of benzene rings is 1. The van der Waals surface area contributed by atoms with E-state index in [9.17, 15) is 18.8 Å². The van der Waals surface area contributed by atoms with E-state index in [0.29, 0.717) is 25.2 Å². The van der Waals surface area contributed by atoms with Crippen molar-refractivity contribution in [2.75, 3.05) is 19.6 Å². The zero-order valence-corrected chi connectivity index (χ0v) is 15.9. The van der Waals surface area contributed by atoms with Crippen LogP contribution in [0.2, 0.25) is 0 Å². The molecule has 148 valence electrons. The third-order valence-corrected chi connectivity index (χ3v) is 4.86. The molecule has 3 rings (SSSR count). The summed E-state index contributed by atoms with van der Waals surface area (Å²) in [5.74, 6) is -1.48. The van der Waals surface area contributed by atoms with Gasteiger partial charge in [0.2, 0.25) is 5.91 Å². The molecule has 1 saturated heterocycles. The van der Waals surface area contributed by atoms with Crippen molar-refractivity contribution in [1.82, 2.24) is 20.1 Å². The van der Waals surface area contributed by atoms with Crippen LogP contribution in [0, 0.1) is 5.82 Å². The zero-order valence-electron chi connectivity index (χ0n) is 15.9. The number of carbonyl (C=O) groups excluding carboxylic acids is 3. The van der Waals surface area contributed by atoms with Crippen LogP contribution in [0.15, 0.2) is 42.6 Å². The van der Waals surface area contributed by atoms with Crippen LogP contribution in [0.25, 0.3) is 0 Å². The highest BCUT2D eigenvalue weighted by Crippen LogP contribution is 2.22. The predicted molar refractivity (Wildman–Crippen MR) is 101 cm³/mol. The topological polar surface area (TPSA) is 83.4 Å². The van der Waals surface area contributed by atoms with Crippen LogP contribution in [0.4, 0.5) is 4.39 Å². The summed E-state index contributed by atoms with van der Waals surface area (Å²) in [4.78, 5) is 38.6. The van der Waals surface area contributed by atoms with Crippen LogP contribution in [0.5, 0.6) is 0 Å². The van der Waals surface area contributed by atoms with Crippen molar-refractivity contribution in [1.29, 1.82) is 0 Å². The SMILES string of the molecule is Cn1cccc1C(=O)N1CCC(C)(NC(=O)CNC(=O)c2cccc(F)c2)C1. The maximum Gasteiger partial charge on any atom is 0.270 e. The fourth-order valence-corrected chi connectivity index (χ4v) is 3.35. The van der Waals surface area contributed by atoms with E-state index in [1.807, 2.05) is 26.2 Å². The number of aryl methyl sites for hydroxylation is 1. The molecule has 2 heterocycles. The smallest absolute Gasteiger partial charge is 0.270 e. The number of hydrogen-bond donors (Lipinski definition) is 2. The summed E-state index contributed by atoms with van der Waals surface area (Å²) in [5.41, 5.74) is 0.179. The average molecular weight is 386 g/mol. The van der Waals surface area contributed by atoms with Gasteiger partial charge in [0.05, 0.1) is 12.1 Å². The van der Waals surface area contributed by atoms with Crippen molar-refractivity contribution >= 4 is 17.7 Å². The van der Waals surface area contributed by atoms with Gasteiger partial charge in [0.15, 0.2) is 0 Å². The Hall–Kier alpha value is -3.16. The lowest BCUT2D eigenvalue weighted by molar-refractivity contribution is -0.121. The summed E-state index contributed by atoms with van der Waals surface area (Å²) in [5, 5.41) is 5.37. The van der Waals surface area contributed by atoms with Gasteiger partial charge in [-0.1, -0.05) is 6.07 Å². The van der Waals surface area contributed by atoms with Gasteiger partial charge >= 0.3 is 0 Å². The molecule has 2 N–H and O–H groups in total.